The average molecular weight is 226 g/mol. The molecule has 0 saturated carbocycles. The molecule has 1 nitrogen and oxygen atoms in total. The molecule has 2 atom stereocenters. The Kier molecular flexibility index (Phi) is 468. The normalized spacial score (nSPS) is 0. The van der Waals surface area contributed by atoms with E-state index < -0.39 is 0 Å². The van der Waals surface area contributed by atoms with E-state index in [1.165, 1.54) is 0 Å². The Labute approximate surface area is 218 Å². The molecule has 0 aromatic carbocycles. The summed E-state index contributed by atoms with van der Waals surface area (Å²) >= 11 is 0. The van der Waals surface area contributed by atoms with Gasteiger partial charge in [0.05, 0.1) is 0 Å². The first-order chi connectivity index (χ1) is 0. The Hall–Kier alpha value is 7.29. The minimum absolute atomic E-state index is 0. The number of hydrogen-bond donors (Lipinski definition) is 0. The first-order valence-corrected chi connectivity index (χ1v) is 0. The molecule has 0 amide bonds. The summed E-state index contributed by atoms with van der Waals surface area (Å²) < 4.78 is 0. The smallest absolute Gasteiger partial charge is 2.00 e. The van der Waals surface area contributed by atoms with Crippen molar-refractivity contribution >= 4 is 117 Å². The van der Waals surface area contributed by atoms with Gasteiger partial charge in [0.25, 0.3) is 0 Å². The maximum absolute atomic E-state index is 0. The second-order valence-electron chi connectivity index (χ2n) is 0. The van der Waals surface area contributed by atoms with Crippen LogP contribution in [0.1, 0.15) is 0 Å². The molecule has 2 unspecified atom stereocenters. The fourth-order valence-electron chi connectivity index (χ4n) is 0. The van der Waals surface area contributed by atoms with Gasteiger partial charge < -0.3 is 5.48 Å². The molecule has 0 aliphatic carbocycles. The van der Waals surface area contributed by atoms with Crippen molar-refractivity contribution in [1.29, 1.82) is 0 Å². The molecule has 0 radical (unpaired) electrons. The van der Waals surface area contributed by atoms with Crippen molar-refractivity contribution in [3.05, 3.63) is 0 Å². The fraction of sp³-hybridized carbons (Fsp3) is 0. The average Bonchev–Trinajstić information content (AvgIpc) is 0. The third-order valence-electron chi connectivity index (χ3n) is 0. The van der Waals surface area contributed by atoms with Gasteiger partial charge in [0, 0.05) is 0 Å². The molecular formula is H10K2Li2Na2OP2. The zero-order valence-corrected chi connectivity index (χ0v) is 12.9. The van der Waals surface area contributed by atoms with Gasteiger partial charge in [0.15, 0.2) is 0 Å². The fourth-order valence-corrected chi connectivity index (χ4v) is 0. The molecular weight excluding hydrogens is 216 g/mol. The van der Waals surface area contributed by atoms with E-state index in [2.05, 4.69) is 0 Å². The van der Waals surface area contributed by atoms with Crippen molar-refractivity contribution in [2.75, 3.05) is 0 Å². The van der Waals surface area contributed by atoms with E-state index in [0.717, 1.165) is 0 Å². The summed E-state index contributed by atoms with van der Waals surface area (Å²) in [6, 6.07) is 0. The monoisotopic (exact) mass is 226 g/mol. The van der Waals surface area contributed by atoms with Crippen LogP contribution in [0.3, 0.4) is 0 Å². The second kappa shape index (κ2) is 58.8. The zero-order valence-electron chi connectivity index (χ0n) is 3.82. The van der Waals surface area contributed by atoms with Crippen LogP contribution in [0.4, 0.5) is 0 Å². The molecule has 0 aliphatic heterocycles. The molecule has 0 spiro atoms. The van der Waals surface area contributed by atoms with Crippen LogP contribution in [0.15, 0.2) is 0 Å². The van der Waals surface area contributed by atoms with Crippen molar-refractivity contribution in [3.8, 4) is 0 Å². The molecule has 0 N–H and O–H groups in total. The first-order valence-electron chi connectivity index (χ1n) is 0. The molecule has 32 valence electrons. The summed E-state index contributed by atoms with van der Waals surface area (Å²) in [6.07, 6.45) is 0. The zero-order chi connectivity index (χ0) is 0. The van der Waals surface area contributed by atoms with Crippen molar-refractivity contribution in [2.45, 2.75) is 0 Å². The predicted octanol–water partition coefficient (Wildman–Crippen LogP) is -8.59. The maximum atomic E-state index is 0. The van der Waals surface area contributed by atoms with Crippen LogP contribution in [-0.4, -0.2) is 96.8 Å². The van der Waals surface area contributed by atoms with E-state index >= 15 is 0 Å². The van der Waals surface area contributed by atoms with E-state index in [1.807, 2.05) is 0 Å². The van der Waals surface area contributed by atoms with Crippen LogP contribution in [0.5, 0.6) is 0 Å². The topological polar surface area (TPSA) is 28.5 Å². The van der Waals surface area contributed by atoms with Crippen molar-refractivity contribution in [3.63, 3.8) is 0 Å². The Morgan fingerprint density at radius 3 is 0.556 bits per heavy atom. The van der Waals surface area contributed by atoms with Crippen LogP contribution in [0, 0.1) is 0 Å². The first kappa shape index (κ1) is 71.7. The van der Waals surface area contributed by atoms with E-state index in [-0.39, 0.29) is 225 Å². The Morgan fingerprint density at radius 1 is 0.556 bits per heavy atom. The molecule has 0 aliphatic rings. The summed E-state index contributed by atoms with van der Waals surface area (Å²) in [7, 11) is 0. The SMILES string of the molecule is P.P.[K+].[K+].[LiH].[LiH].[NaH].[NaH].[O-2]. The summed E-state index contributed by atoms with van der Waals surface area (Å²) in [4.78, 5) is 0. The largest absolute Gasteiger partial charge is 2.00 e. The van der Waals surface area contributed by atoms with E-state index in [9.17, 15) is 0 Å². The van der Waals surface area contributed by atoms with Crippen LogP contribution in [0.25, 0.3) is 0 Å². The molecule has 0 fully saturated rings. The van der Waals surface area contributed by atoms with Crippen LogP contribution in [-0.2, 0) is 5.48 Å². The van der Waals surface area contributed by atoms with Gasteiger partial charge in [0.1, 0.15) is 0 Å². The van der Waals surface area contributed by atoms with Gasteiger partial charge in [-0.3, -0.25) is 0 Å². The predicted molar refractivity (Wildman–Crippen MR) is 51.5 cm³/mol. The summed E-state index contributed by atoms with van der Waals surface area (Å²) in [5, 5.41) is 0. The Balaban J connectivity index is 0. The number of hydrogen-bond acceptors (Lipinski definition) is 0. The standard InChI is InChI=1S/2K.2Li.2Na.O.2H3P.4H/h;;;;;;;2*1H3;;;;/q2*+1;;;;;-2;;;;;;. The number of rotatable bonds is 0. The van der Waals surface area contributed by atoms with Crippen LogP contribution >= 0.6 is 19.8 Å². The van der Waals surface area contributed by atoms with Crippen molar-refractivity contribution in [1.82, 2.24) is 0 Å². The Morgan fingerprint density at radius 2 is 0.556 bits per heavy atom. The summed E-state index contributed by atoms with van der Waals surface area (Å²) in [6.45, 7) is 0. The molecule has 0 aromatic rings. The third kappa shape index (κ3) is 50.8. The van der Waals surface area contributed by atoms with Gasteiger partial charge in [-0.1, -0.05) is 0 Å². The molecule has 0 bridgehead atoms. The van der Waals surface area contributed by atoms with Gasteiger partial charge in [-0.25, -0.2) is 0 Å². The van der Waals surface area contributed by atoms with E-state index in [0.29, 0.717) is 0 Å². The van der Waals surface area contributed by atoms with Gasteiger partial charge in [-0.2, -0.15) is 19.8 Å². The van der Waals surface area contributed by atoms with Crippen LogP contribution < -0.4 is 103 Å². The van der Waals surface area contributed by atoms with Gasteiger partial charge >= 0.3 is 200 Å². The van der Waals surface area contributed by atoms with Crippen molar-refractivity contribution in [2.24, 2.45) is 0 Å². The second-order valence-corrected chi connectivity index (χ2v) is 0. The van der Waals surface area contributed by atoms with Gasteiger partial charge in [-0.15, -0.1) is 0 Å². The molecule has 9 heteroatoms. The summed E-state index contributed by atoms with van der Waals surface area (Å²) in [5.41, 5.74) is 0. The Bertz CT molecular complexity index is 20.5. The maximum Gasteiger partial charge on any atom is -2.00 e. The van der Waals surface area contributed by atoms with E-state index in [1.54, 1.807) is 0 Å². The van der Waals surface area contributed by atoms with Crippen LogP contribution in [0.2, 0.25) is 0 Å². The molecule has 0 heterocycles. The van der Waals surface area contributed by atoms with Gasteiger partial charge in [0.2, 0.25) is 0 Å². The van der Waals surface area contributed by atoms with Crippen molar-refractivity contribution < 1.29 is 108 Å². The molecule has 0 aromatic heterocycles. The summed E-state index contributed by atoms with van der Waals surface area (Å²) in [5.74, 6) is 0. The van der Waals surface area contributed by atoms with E-state index in [4.69, 9.17) is 0 Å². The minimum Gasteiger partial charge on any atom is -2.00 e. The van der Waals surface area contributed by atoms with Gasteiger partial charge in [-0.05, 0) is 0 Å². The molecule has 0 saturated heterocycles. The third-order valence-corrected chi connectivity index (χ3v) is 0. The minimum atomic E-state index is 0. The quantitative estimate of drug-likeness (QED) is 0.290. The molecule has 0 rings (SSSR count). The molecule has 9 heavy (non-hydrogen) atoms.